The monoisotopic (exact) mass is 437 g/mol. The van der Waals surface area contributed by atoms with Gasteiger partial charge in [0.25, 0.3) is 0 Å². The van der Waals surface area contributed by atoms with Crippen LogP contribution in [0.4, 0.5) is 5.13 Å². The Morgan fingerprint density at radius 2 is 1.86 bits per heavy atom. The Hall–Kier alpha value is -1.66. The Bertz CT molecular complexity index is 971. The van der Waals surface area contributed by atoms with Gasteiger partial charge in [-0.2, -0.15) is 0 Å². The van der Waals surface area contributed by atoms with Gasteiger partial charge < -0.3 is 4.90 Å². The second-order valence-electron chi connectivity index (χ2n) is 7.06. The molecule has 2 aromatic carbocycles. The van der Waals surface area contributed by atoms with E-state index < -0.39 is 0 Å². The first-order chi connectivity index (χ1) is 12.8. The van der Waals surface area contributed by atoms with Crippen LogP contribution in [0.15, 0.2) is 36.4 Å². The highest BCUT2D eigenvalue weighted by Crippen LogP contribution is 2.31. The first-order valence-electron chi connectivity index (χ1n) is 8.91. The van der Waals surface area contributed by atoms with Crippen molar-refractivity contribution in [1.82, 2.24) is 9.88 Å². The Kier molecular flexibility index (Phi) is 7.84. The van der Waals surface area contributed by atoms with Crippen LogP contribution in [0, 0.1) is 13.8 Å². The van der Waals surface area contributed by atoms with Crippen LogP contribution in [0.5, 0.6) is 0 Å². The number of rotatable bonds is 6. The summed E-state index contributed by atoms with van der Waals surface area (Å²) in [6.07, 6.45) is 0.373. The molecule has 0 aliphatic carbocycles. The van der Waals surface area contributed by atoms with Crippen molar-refractivity contribution in [2.24, 2.45) is 0 Å². The quantitative estimate of drug-likeness (QED) is 0.536. The Labute approximate surface area is 181 Å². The van der Waals surface area contributed by atoms with Crippen molar-refractivity contribution in [3.05, 3.63) is 58.1 Å². The number of fused-ring (bicyclic) bond motifs is 1. The smallest absolute Gasteiger partial charge is 0.233 e. The predicted molar refractivity (Wildman–Crippen MR) is 122 cm³/mol. The van der Waals surface area contributed by atoms with Crippen molar-refractivity contribution in [3.8, 4) is 0 Å². The summed E-state index contributed by atoms with van der Waals surface area (Å²) < 4.78 is 0.992. The molecule has 1 heterocycles. The van der Waals surface area contributed by atoms with Crippen LogP contribution in [0.3, 0.4) is 0 Å². The summed E-state index contributed by atoms with van der Waals surface area (Å²) in [5, 5.41) is 1.41. The topological polar surface area (TPSA) is 36.4 Å². The molecule has 150 valence electrons. The van der Waals surface area contributed by atoms with Crippen molar-refractivity contribution in [1.29, 1.82) is 0 Å². The standard InChI is InChI=1S/C21H24ClN3OS.ClH/c1-14-5-6-15(2)16(11-14)12-20(26)25(10-9-24(3)4)21-23-18-8-7-17(22)13-19(18)27-21;/h5-8,11,13H,9-10,12H2,1-4H3;1H. The van der Waals surface area contributed by atoms with Crippen LogP contribution in [0.25, 0.3) is 10.2 Å². The van der Waals surface area contributed by atoms with Crippen molar-refractivity contribution < 1.29 is 4.79 Å². The third kappa shape index (κ3) is 5.45. The Balaban J connectivity index is 0.00000280. The number of carbonyl (C=O) groups is 1. The highest BCUT2D eigenvalue weighted by atomic mass is 35.5. The van der Waals surface area contributed by atoms with Gasteiger partial charge >= 0.3 is 0 Å². The van der Waals surface area contributed by atoms with Gasteiger partial charge in [-0.15, -0.1) is 12.4 Å². The lowest BCUT2D eigenvalue weighted by Gasteiger charge is -2.22. The molecule has 0 bridgehead atoms. The molecule has 7 heteroatoms. The molecule has 0 unspecified atom stereocenters. The van der Waals surface area contributed by atoms with Gasteiger partial charge in [-0.25, -0.2) is 4.98 Å². The SMILES string of the molecule is Cc1ccc(C)c(CC(=O)N(CCN(C)C)c2nc3ccc(Cl)cc3s2)c1.Cl. The van der Waals surface area contributed by atoms with Crippen LogP contribution >= 0.6 is 35.3 Å². The molecule has 4 nitrogen and oxygen atoms in total. The van der Waals surface area contributed by atoms with Crippen LogP contribution in [-0.4, -0.2) is 43.0 Å². The molecular formula is C21H25Cl2N3OS. The summed E-state index contributed by atoms with van der Waals surface area (Å²) >= 11 is 7.61. The molecule has 3 aromatic rings. The van der Waals surface area contributed by atoms with Crippen molar-refractivity contribution in [2.45, 2.75) is 20.3 Å². The number of aromatic nitrogens is 1. The zero-order chi connectivity index (χ0) is 19.6. The van der Waals surface area contributed by atoms with Gasteiger partial charge in [-0.05, 0) is 57.3 Å². The fourth-order valence-corrected chi connectivity index (χ4v) is 4.16. The maximum absolute atomic E-state index is 13.2. The second kappa shape index (κ2) is 9.70. The molecule has 0 N–H and O–H groups in total. The highest BCUT2D eigenvalue weighted by Gasteiger charge is 2.21. The van der Waals surface area contributed by atoms with Gasteiger partial charge in [0.05, 0.1) is 16.6 Å². The fourth-order valence-electron chi connectivity index (χ4n) is 2.88. The van der Waals surface area contributed by atoms with Crippen LogP contribution < -0.4 is 4.90 Å². The average molecular weight is 438 g/mol. The number of amides is 1. The predicted octanol–water partition coefficient (Wildman–Crippen LogP) is 5.13. The largest absolute Gasteiger partial charge is 0.308 e. The molecule has 1 aromatic heterocycles. The Morgan fingerprint density at radius 1 is 1.11 bits per heavy atom. The third-order valence-corrected chi connectivity index (χ3v) is 5.76. The van der Waals surface area contributed by atoms with Crippen molar-refractivity contribution in [3.63, 3.8) is 0 Å². The normalized spacial score (nSPS) is 10.9. The molecule has 0 aliphatic heterocycles. The number of anilines is 1. The fraction of sp³-hybridized carbons (Fsp3) is 0.333. The molecule has 0 aliphatic rings. The van der Waals surface area contributed by atoms with Crippen molar-refractivity contribution >= 4 is 56.6 Å². The summed E-state index contributed by atoms with van der Waals surface area (Å²) in [7, 11) is 4.01. The van der Waals surface area contributed by atoms with E-state index in [0.29, 0.717) is 18.0 Å². The molecule has 28 heavy (non-hydrogen) atoms. The van der Waals surface area contributed by atoms with Crippen molar-refractivity contribution in [2.75, 3.05) is 32.1 Å². The number of carbonyl (C=O) groups excluding carboxylic acids is 1. The van der Waals surface area contributed by atoms with E-state index in [1.807, 2.05) is 39.2 Å². The summed E-state index contributed by atoms with van der Waals surface area (Å²) in [6, 6.07) is 11.9. The van der Waals surface area contributed by atoms with Crippen LogP contribution in [-0.2, 0) is 11.2 Å². The minimum Gasteiger partial charge on any atom is -0.308 e. The minimum atomic E-state index is 0. The van der Waals surface area contributed by atoms with E-state index in [1.54, 1.807) is 4.90 Å². The molecule has 0 fully saturated rings. The molecule has 0 saturated heterocycles. The number of likely N-dealkylation sites (N-methyl/N-ethyl adjacent to an activating group) is 1. The van der Waals surface area contributed by atoms with Gasteiger partial charge in [0.1, 0.15) is 0 Å². The van der Waals surface area contributed by atoms with E-state index in [2.05, 4.69) is 35.0 Å². The third-order valence-electron chi connectivity index (χ3n) is 4.49. The lowest BCUT2D eigenvalue weighted by molar-refractivity contribution is -0.118. The zero-order valence-corrected chi connectivity index (χ0v) is 18.9. The van der Waals surface area contributed by atoms with Gasteiger partial charge in [-0.3, -0.25) is 9.69 Å². The first kappa shape index (κ1) is 22.6. The summed E-state index contributed by atoms with van der Waals surface area (Å²) in [4.78, 5) is 21.7. The molecular weight excluding hydrogens is 413 g/mol. The number of hydrogen-bond acceptors (Lipinski definition) is 4. The first-order valence-corrected chi connectivity index (χ1v) is 10.1. The van der Waals surface area contributed by atoms with E-state index in [0.717, 1.165) is 38.6 Å². The highest BCUT2D eigenvalue weighted by molar-refractivity contribution is 7.22. The van der Waals surface area contributed by atoms with Gasteiger partial charge in [0, 0.05) is 18.1 Å². The lowest BCUT2D eigenvalue weighted by Crippen LogP contribution is -2.37. The second-order valence-corrected chi connectivity index (χ2v) is 8.51. The molecule has 3 rings (SSSR count). The maximum atomic E-state index is 13.2. The zero-order valence-electron chi connectivity index (χ0n) is 16.5. The van der Waals surface area contributed by atoms with E-state index >= 15 is 0 Å². The van der Waals surface area contributed by atoms with Gasteiger partial charge in [0.2, 0.25) is 5.91 Å². The maximum Gasteiger partial charge on any atom is 0.233 e. The lowest BCUT2D eigenvalue weighted by atomic mass is 10.0. The Morgan fingerprint density at radius 3 is 2.57 bits per heavy atom. The van der Waals surface area contributed by atoms with E-state index in [9.17, 15) is 4.79 Å². The van der Waals surface area contributed by atoms with E-state index in [-0.39, 0.29) is 18.3 Å². The van der Waals surface area contributed by atoms with E-state index in [4.69, 9.17) is 11.6 Å². The van der Waals surface area contributed by atoms with Crippen LogP contribution in [0.2, 0.25) is 5.02 Å². The summed E-state index contributed by atoms with van der Waals surface area (Å²) in [5.41, 5.74) is 4.24. The molecule has 0 atom stereocenters. The van der Waals surface area contributed by atoms with Crippen LogP contribution in [0.1, 0.15) is 16.7 Å². The molecule has 1 amide bonds. The van der Waals surface area contributed by atoms with Gasteiger partial charge in [0.15, 0.2) is 5.13 Å². The summed E-state index contributed by atoms with van der Waals surface area (Å²) in [6.45, 7) is 5.47. The minimum absolute atomic E-state index is 0. The number of aryl methyl sites for hydroxylation is 2. The van der Waals surface area contributed by atoms with Gasteiger partial charge in [-0.1, -0.05) is 46.7 Å². The van der Waals surface area contributed by atoms with E-state index in [1.165, 1.54) is 11.3 Å². The number of halogens is 2. The molecule has 0 spiro atoms. The number of nitrogens with zero attached hydrogens (tertiary/aromatic N) is 3. The molecule has 0 saturated carbocycles. The number of benzene rings is 2. The number of thiazole rings is 1. The summed E-state index contributed by atoms with van der Waals surface area (Å²) in [5.74, 6) is 0.0655. The molecule has 0 radical (unpaired) electrons. The average Bonchev–Trinajstić information content (AvgIpc) is 3.00. The number of hydrogen-bond donors (Lipinski definition) is 0.